The number of esters is 1. The average Bonchev–Trinajstić information content (AvgIpc) is 2.82. The van der Waals surface area contributed by atoms with E-state index < -0.39 is 12.1 Å². The SMILES string of the molecule is O=C(CCN1C(=O)COc2ccccc21)OC(C(=O)N1CCOCC1)c1ccccc1. The van der Waals surface area contributed by atoms with Crippen molar-refractivity contribution in [3.05, 3.63) is 60.2 Å². The van der Waals surface area contributed by atoms with Crippen LogP contribution in [0.15, 0.2) is 54.6 Å². The number of ether oxygens (including phenoxy) is 3. The van der Waals surface area contributed by atoms with Gasteiger partial charge in [-0.2, -0.15) is 0 Å². The lowest BCUT2D eigenvalue weighted by Crippen LogP contribution is -2.44. The van der Waals surface area contributed by atoms with E-state index in [0.29, 0.717) is 43.3 Å². The first-order valence-corrected chi connectivity index (χ1v) is 10.3. The van der Waals surface area contributed by atoms with E-state index in [9.17, 15) is 14.4 Å². The van der Waals surface area contributed by atoms with Crippen LogP contribution in [0, 0.1) is 0 Å². The summed E-state index contributed by atoms with van der Waals surface area (Å²) in [5, 5.41) is 0. The van der Waals surface area contributed by atoms with E-state index in [1.165, 1.54) is 4.90 Å². The molecule has 0 bridgehead atoms. The Balaban J connectivity index is 1.44. The molecule has 1 saturated heterocycles. The molecule has 1 fully saturated rings. The lowest BCUT2D eigenvalue weighted by atomic mass is 10.1. The monoisotopic (exact) mass is 424 g/mol. The van der Waals surface area contributed by atoms with Crippen LogP contribution in [0.2, 0.25) is 0 Å². The summed E-state index contributed by atoms with van der Waals surface area (Å²) in [5.41, 5.74) is 1.23. The molecule has 2 aromatic rings. The fraction of sp³-hybridized carbons (Fsp3) is 0.348. The Morgan fingerprint density at radius 1 is 1.00 bits per heavy atom. The number of amides is 2. The zero-order valence-corrected chi connectivity index (χ0v) is 17.1. The second-order valence-electron chi connectivity index (χ2n) is 7.27. The molecule has 0 aromatic heterocycles. The maximum atomic E-state index is 13.1. The van der Waals surface area contributed by atoms with E-state index in [4.69, 9.17) is 14.2 Å². The van der Waals surface area contributed by atoms with Crippen molar-refractivity contribution >= 4 is 23.5 Å². The zero-order chi connectivity index (χ0) is 21.6. The Bertz CT molecular complexity index is 942. The first-order chi connectivity index (χ1) is 15.1. The predicted molar refractivity (Wildman–Crippen MR) is 112 cm³/mol. The molecule has 2 amide bonds. The third kappa shape index (κ3) is 4.86. The van der Waals surface area contributed by atoms with Crippen LogP contribution in [0.5, 0.6) is 5.75 Å². The number of fused-ring (bicyclic) bond motifs is 1. The number of morpholine rings is 1. The number of nitrogens with zero attached hydrogens (tertiary/aromatic N) is 2. The van der Waals surface area contributed by atoms with Crippen molar-refractivity contribution in [2.24, 2.45) is 0 Å². The molecule has 0 spiro atoms. The van der Waals surface area contributed by atoms with Crippen LogP contribution in [-0.2, 0) is 23.9 Å². The number of carbonyl (C=O) groups excluding carboxylic acids is 3. The highest BCUT2D eigenvalue weighted by Crippen LogP contribution is 2.31. The largest absolute Gasteiger partial charge is 0.482 e. The van der Waals surface area contributed by atoms with E-state index in [-0.39, 0.29) is 31.4 Å². The maximum Gasteiger partial charge on any atom is 0.308 e. The number of rotatable bonds is 6. The highest BCUT2D eigenvalue weighted by molar-refractivity contribution is 5.98. The van der Waals surface area contributed by atoms with Gasteiger partial charge in [0.2, 0.25) is 6.10 Å². The third-order valence-corrected chi connectivity index (χ3v) is 5.25. The molecule has 1 atom stereocenters. The summed E-state index contributed by atoms with van der Waals surface area (Å²) in [4.78, 5) is 41.2. The van der Waals surface area contributed by atoms with E-state index in [0.717, 1.165) is 0 Å². The number of anilines is 1. The van der Waals surface area contributed by atoms with Gasteiger partial charge in [0.25, 0.3) is 11.8 Å². The highest BCUT2D eigenvalue weighted by atomic mass is 16.5. The normalized spacial score (nSPS) is 16.8. The fourth-order valence-corrected chi connectivity index (χ4v) is 3.63. The smallest absolute Gasteiger partial charge is 0.308 e. The fourth-order valence-electron chi connectivity index (χ4n) is 3.63. The standard InChI is InChI=1S/C23H24N2O6/c26-20-16-30-19-9-5-4-8-18(19)25(20)11-10-21(27)31-22(17-6-2-1-3-7-17)23(28)24-12-14-29-15-13-24/h1-9,22H,10-16H2. The number of hydrogen-bond donors (Lipinski definition) is 0. The van der Waals surface area contributed by atoms with E-state index in [1.54, 1.807) is 47.4 Å². The molecule has 31 heavy (non-hydrogen) atoms. The minimum atomic E-state index is -1.03. The van der Waals surface area contributed by atoms with Gasteiger partial charge in [0, 0.05) is 25.2 Å². The number of benzene rings is 2. The van der Waals surface area contributed by atoms with Crippen molar-refractivity contribution in [1.82, 2.24) is 4.90 Å². The van der Waals surface area contributed by atoms with Gasteiger partial charge in [-0.1, -0.05) is 42.5 Å². The van der Waals surface area contributed by atoms with Gasteiger partial charge in [0.05, 0.1) is 25.3 Å². The summed E-state index contributed by atoms with van der Waals surface area (Å²) in [6.45, 7) is 1.90. The number of para-hydroxylation sites is 2. The molecule has 8 heteroatoms. The van der Waals surface area contributed by atoms with Crippen LogP contribution in [0.4, 0.5) is 5.69 Å². The van der Waals surface area contributed by atoms with Crippen molar-refractivity contribution in [3.63, 3.8) is 0 Å². The minimum absolute atomic E-state index is 0.0419. The first-order valence-electron chi connectivity index (χ1n) is 10.3. The molecule has 0 aliphatic carbocycles. The summed E-state index contributed by atoms with van der Waals surface area (Å²) in [7, 11) is 0. The Labute approximate surface area is 180 Å². The Kier molecular flexibility index (Phi) is 6.47. The molecular formula is C23H24N2O6. The van der Waals surface area contributed by atoms with Crippen molar-refractivity contribution in [3.8, 4) is 5.75 Å². The zero-order valence-electron chi connectivity index (χ0n) is 17.1. The van der Waals surface area contributed by atoms with Crippen LogP contribution in [0.1, 0.15) is 18.1 Å². The van der Waals surface area contributed by atoms with Crippen molar-refractivity contribution in [2.75, 3.05) is 44.4 Å². The van der Waals surface area contributed by atoms with Gasteiger partial charge in [-0.15, -0.1) is 0 Å². The van der Waals surface area contributed by atoms with Gasteiger partial charge in [0.1, 0.15) is 5.75 Å². The van der Waals surface area contributed by atoms with E-state index in [2.05, 4.69) is 0 Å². The molecule has 2 aliphatic heterocycles. The second kappa shape index (κ2) is 9.61. The van der Waals surface area contributed by atoms with Crippen LogP contribution in [-0.4, -0.2) is 62.1 Å². The average molecular weight is 424 g/mol. The molecule has 2 aliphatic rings. The van der Waals surface area contributed by atoms with Gasteiger partial charge in [-0.05, 0) is 12.1 Å². The summed E-state index contributed by atoms with van der Waals surface area (Å²) >= 11 is 0. The molecule has 0 N–H and O–H groups in total. The maximum absolute atomic E-state index is 13.1. The van der Waals surface area contributed by atoms with Crippen molar-refractivity contribution < 1.29 is 28.6 Å². The minimum Gasteiger partial charge on any atom is -0.482 e. The van der Waals surface area contributed by atoms with Gasteiger partial charge < -0.3 is 24.0 Å². The quantitative estimate of drug-likeness (QED) is 0.659. The van der Waals surface area contributed by atoms with Gasteiger partial charge in [-0.25, -0.2) is 0 Å². The number of hydrogen-bond acceptors (Lipinski definition) is 6. The summed E-state index contributed by atoms with van der Waals surface area (Å²) in [5.74, 6) is -0.446. The molecule has 4 rings (SSSR count). The second-order valence-corrected chi connectivity index (χ2v) is 7.27. The van der Waals surface area contributed by atoms with E-state index in [1.807, 2.05) is 12.1 Å². The van der Waals surface area contributed by atoms with Crippen LogP contribution in [0.25, 0.3) is 0 Å². The van der Waals surface area contributed by atoms with Crippen LogP contribution < -0.4 is 9.64 Å². The third-order valence-electron chi connectivity index (χ3n) is 5.25. The topological polar surface area (TPSA) is 85.4 Å². The Morgan fingerprint density at radius 3 is 2.48 bits per heavy atom. The van der Waals surface area contributed by atoms with Crippen molar-refractivity contribution in [1.29, 1.82) is 0 Å². The van der Waals surface area contributed by atoms with Gasteiger partial charge in [-0.3, -0.25) is 14.4 Å². The molecule has 8 nitrogen and oxygen atoms in total. The van der Waals surface area contributed by atoms with Crippen molar-refractivity contribution in [2.45, 2.75) is 12.5 Å². The molecule has 162 valence electrons. The molecule has 2 heterocycles. The molecule has 0 saturated carbocycles. The highest BCUT2D eigenvalue weighted by Gasteiger charge is 2.31. The predicted octanol–water partition coefficient (Wildman–Crippen LogP) is 1.95. The first kappa shape index (κ1) is 20.9. The Hall–Kier alpha value is -3.39. The molecule has 0 radical (unpaired) electrons. The van der Waals surface area contributed by atoms with Gasteiger partial charge >= 0.3 is 5.97 Å². The Morgan fingerprint density at radius 2 is 1.71 bits per heavy atom. The summed E-state index contributed by atoms with van der Waals surface area (Å²) < 4.78 is 16.4. The molecule has 1 unspecified atom stereocenters. The lowest BCUT2D eigenvalue weighted by Gasteiger charge is -2.31. The number of carbonyl (C=O) groups is 3. The summed E-state index contributed by atoms with van der Waals surface area (Å²) in [6, 6.07) is 16.1. The van der Waals surface area contributed by atoms with Crippen LogP contribution >= 0.6 is 0 Å². The molecular weight excluding hydrogens is 400 g/mol. The van der Waals surface area contributed by atoms with E-state index >= 15 is 0 Å². The van der Waals surface area contributed by atoms with Crippen LogP contribution in [0.3, 0.4) is 0 Å². The summed E-state index contributed by atoms with van der Waals surface area (Å²) in [6.07, 6.45) is -1.07. The van der Waals surface area contributed by atoms with Gasteiger partial charge in [0.15, 0.2) is 6.61 Å². The lowest BCUT2D eigenvalue weighted by molar-refractivity contribution is -0.162. The molecule has 2 aromatic carbocycles.